The summed E-state index contributed by atoms with van der Waals surface area (Å²) in [5, 5.41) is 8.53. The van der Waals surface area contributed by atoms with E-state index < -0.39 is 68.3 Å². The van der Waals surface area contributed by atoms with Crippen molar-refractivity contribution in [2.75, 3.05) is 25.0 Å². The topological polar surface area (TPSA) is 109 Å². The summed E-state index contributed by atoms with van der Waals surface area (Å²) in [6, 6.07) is 11.5. The van der Waals surface area contributed by atoms with Crippen molar-refractivity contribution in [1.82, 2.24) is 15.6 Å². The van der Waals surface area contributed by atoms with Gasteiger partial charge in [-0.05, 0) is 72.5 Å². The maximum absolute atomic E-state index is 15.3. The molecule has 2 atom stereocenters. The van der Waals surface area contributed by atoms with Gasteiger partial charge in [0.2, 0.25) is 5.91 Å². The summed E-state index contributed by atoms with van der Waals surface area (Å²) in [6.07, 6.45) is -3.82. The smallest absolute Gasteiger partial charge is 0.406 e. The van der Waals surface area contributed by atoms with Crippen molar-refractivity contribution in [3.63, 3.8) is 0 Å². The summed E-state index contributed by atoms with van der Waals surface area (Å²) in [6.45, 7) is 0.474. The van der Waals surface area contributed by atoms with Crippen LogP contribution in [0.25, 0.3) is 0 Å². The Morgan fingerprint density at radius 1 is 0.898 bits per heavy atom. The van der Waals surface area contributed by atoms with Crippen molar-refractivity contribution in [1.29, 1.82) is 0 Å². The van der Waals surface area contributed by atoms with Crippen LogP contribution in [0.3, 0.4) is 0 Å². The summed E-state index contributed by atoms with van der Waals surface area (Å²) in [7, 11) is -4.31. The first-order valence-corrected chi connectivity index (χ1v) is 16.3. The lowest BCUT2D eigenvalue weighted by Crippen LogP contribution is -2.63. The molecule has 1 aliphatic heterocycles. The largest absolute Gasteiger partial charge is 0.573 e. The Morgan fingerprint density at radius 3 is 2.18 bits per heavy atom. The fourth-order valence-corrected chi connectivity index (χ4v) is 7.62. The van der Waals surface area contributed by atoms with Crippen LogP contribution < -0.4 is 20.7 Å². The van der Waals surface area contributed by atoms with Crippen molar-refractivity contribution in [2.45, 2.75) is 41.3 Å². The minimum atomic E-state index is -4.97. The second-order valence-electron chi connectivity index (χ2n) is 11.3. The zero-order valence-corrected chi connectivity index (χ0v) is 26.3. The lowest BCUT2D eigenvalue weighted by Gasteiger charge is -2.38. The van der Waals surface area contributed by atoms with E-state index >= 15 is 4.39 Å². The number of benzene rings is 3. The maximum Gasteiger partial charge on any atom is 0.573 e. The third-order valence-electron chi connectivity index (χ3n) is 8.05. The molecular weight excluding hydrogens is 681 g/mol. The third-order valence-corrected chi connectivity index (χ3v) is 10.5. The molecule has 5 rings (SSSR count). The van der Waals surface area contributed by atoms with E-state index in [0.717, 1.165) is 60.9 Å². The maximum atomic E-state index is 15.3. The molecule has 3 aromatic carbocycles. The Kier molecular flexibility index (Phi) is 10.6. The molecule has 16 heteroatoms. The van der Waals surface area contributed by atoms with Gasteiger partial charge in [0.15, 0.2) is 9.84 Å². The minimum Gasteiger partial charge on any atom is -0.406 e. The fraction of sp³-hybridized carbons (Fsp3) is 0.273. The van der Waals surface area contributed by atoms with Crippen LogP contribution in [0.4, 0.5) is 36.4 Å². The lowest BCUT2D eigenvalue weighted by molar-refractivity contribution is -0.274. The van der Waals surface area contributed by atoms with Crippen molar-refractivity contribution in [3.05, 3.63) is 119 Å². The molecule has 49 heavy (non-hydrogen) atoms. The number of hydrogen-bond acceptors (Lipinski definition) is 7. The molecule has 1 aliphatic rings. The number of hydrogen-bond donors (Lipinski definition) is 3. The molecule has 1 aromatic heterocycles. The van der Waals surface area contributed by atoms with Gasteiger partial charge in [0, 0.05) is 43.6 Å². The van der Waals surface area contributed by atoms with Crippen molar-refractivity contribution in [2.24, 2.45) is 0 Å². The van der Waals surface area contributed by atoms with E-state index in [0.29, 0.717) is 18.2 Å². The van der Waals surface area contributed by atoms with Gasteiger partial charge < -0.3 is 15.4 Å². The van der Waals surface area contributed by atoms with Crippen molar-refractivity contribution in [3.8, 4) is 5.75 Å². The zero-order valence-electron chi connectivity index (χ0n) is 25.5. The quantitative estimate of drug-likeness (QED) is 0.164. The number of nitrogens with one attached hydrogen (secondary N) is 3. The standard InChI is InChI=1S/C33H29F7N4O4S/c34-22-3-1-20(2-4-22)28(21-13-23(35)15-24(36)14-21)16-31(45)44-30-18-42-17-29(37)27(30)9-10-32(19-41-11-12-43-32)49(46,47)26-7-5-25(6-8-26)48-33(38,39)40/h1-8,13-15,17-18,28,41,43H,9-12,16,19H2,(H,44,45)/t28-,32-/m0/s1. The molecule has 4 aromatic rings. The number of anilines is 1. The summed E-state index contributed by atoms with van der Waals surface area (Å²) < 4.78 is 127. The highest BCUT2D eigenvalue weighted by atomic mass is 32.2. The second kappa shape index (κ2) is 14.5. The Bertz CT molecular complexity index is 1880. The highest BCUT2D eigenvalue weighted by Crippen LogP contribution is 2.34. The second-order valence-corrected chi connectivity index (χ2v) is 13.6. The van der Waals surface area contributed by atoms with Gasteiger partial charge in [-0.1, -0.05) is 12.1 Å². The van der Waals surface area contributed by atoms with Gasteiger partial charge in [-0.15, -0.1) is 13.2 Å². The van der Waals surface area contributed by atoms with E-state index in [2.05, 4.69) is 25.7 Å². The molecule has 0 unspecified atom stereocenters. The van der Waals surface area contributed by atoms with Gasteiger partial charge in [0.25, 0.3) is 0 Å². The Hall–Kier alpha value is -4.54. The predicted molar refractivity (Wildman–Crippen MR) is 164 cm³/mol. The number of rotatable bonds is 11. The molecule has 0 saturated carbocycles. The van der Waals surface area contributed by atoms with E-state index in [1.807, 2.05) is 0 Å². The van der Waals surface area contributed by atoms with E-state index in [-0.39, 0.29) is 47.6 Å². The average Bonchev–Trinajstić information content (AvgIpc) is 3.03. The first-order valence-electron chi connectivity index (χ1n) is 14.9. The number of amides is 1. The normalized spacial score (nSPS) is 17.4. The SMILES string of the molecule is O=C(C[C@@H](c1ccc(F)cc1)c1cc(F)cc(F)c1)Nc1cncc(F)c1CC[C@]1(S(=O)(=O)c2ccc(OC(F)(F)F)cc2)CNCCN1. The highest BCUT2D eigenvalue weighted by molar-refractivity contribution is 7.92. The molecule has 1 fully saturated rings. The first-order chi connectivity index (χ1) is 23.2. The number of halogens is 7. The van der Waals surface area contributed by atoms with E-state index in [4.69, 9.17) is 0 Å². The van der Waals surface area contributed by atoms with Gasteiger partial charge >= 0.3 is 6.36 Å². The molecule has 0 bridgehead atoms. The zero-order chi connectivity index (χ0) is 35.4. The van der Waals surface area contributed by atoms with Gasteiger partial charge in [-0.2, -0.15) is 0 Å². The number of piperazine rings is 1. The number of nitrogens with zero attached hydrogens (tertiary/aromatic N) is 1. The number of carbonyl (C=O) groups is 1. The molecule has 2 heterocycles. The van der Waals surface area contributed by atoms with Crippen LogP contribution >= 0.6 is 0 Å². The summed E-state index contributed by atoms with van der Waals surface area (Å²) in [4.78, 5) is 15.1. The number of aromatic nitrogens is 1. The first kappa shape index (κ1) is 35.8. The van der Waals surface area contributed by atoms with E-state index in [9.17, 15) is 39.6 Å². The van der Waals surface area contributed by atoms with Gasteiger partial charge in [0.05, 0.1) is 23.0 Å². The monoisotopic (exact) mass is 710 g/mol. The van der Waals surface area contributed by atoms with Crippen LogP contribution in [0.15, 0.2) is 84.0 Å². The number of sulfone groups is 1. The molecule has 0 spiro atoms. The molecular formula is C33H29F7N4O4S. The molecule has 0 radical (unpaired) electrons. The minimum absolute atomic E-state index is 0.0850. The summed E-state index contributed by atoms with van der Waals surface area (Å²) >= 11 is 0. The molecule has 1 saturated heterocycles. The number of ether oxygens (including phenoxy) is 1. The van der Waals surface area contributed by atoms with Crippen LogP contribution in [0.5, 0.6) is 5.75 Å². The highest BCUT2D eigenvalue weighted by Gasteiger charge is 2.45. The van der Waals surface area contributed by atoms with Crippen LogP contribution in [0.1, 0.15) is 35.4 Å². The Labute approximate surface area is 276 Å². The summed E-state index contributed by atoms with van der Waals surface area (Å²) in [5.74, 6) is -5.46. The van der Waals surface area contributed by atoms with Gasteiger partial charge in [0.1, 0.15) is 33.9 Å². The molecule has 0 aliphatic carbocycles. The third kappa shape index (κ3) is 8.55. The molecule has 3 N–H and O–H groups in total. The van der Waals surface area contributed by atoms with Gasteiger partial charge in [-0.3, -0.25) is 15.1 Å². The average molecular weight is 711 g/mol. The van der Waals surface area contributed by atoms with E-state index in [1.165, 1.54) is 12.1 Å². The predicted octanol–water partition coefficient (Wildman–Crippen LogP) is 5.99. The Balaban J connectivity index is 1.39. The van der Waals surface area contributed by atoms with Gasteiger partial charge in [-0.25, -0.2) is 26.0 Å². The number of pyridine rings is 1. The van der Waals surface area contributed by atoms with Crippen molar-refractivity contribution >= 4 is 21.4 Å². The number of carbonyl (C=O) groups excluding carboxylic acids is 1. The number of alkyl halides is 3. The Morgan fingerprint density at radius 2 is 1.57 bits per heavy atom. The van der Waals surface area contributed by atoms with Crippen molar-refractivity contribution < 1.29 is 48.7 Å². The molecule has 260 valence electrons. The van der Waals surface area contributed by atoms with Crippen LogP contribution in [0, 0.1) is 23.3 Å². The van der Waals surface area contributed by atoms with Crippen LogP contribution in [-0.4, -0.2) is 50.2 Å². The van der Waals surface area contributed by atoms with E-state index in [1.54, 1.807) is 0 Å². The van der Waals surface area contributed by atoms with Crippen LogP contribution in [0.2, 0.25) is 0 Å². The summed E-state index contributed by atoms with van der Waals surface area (Å²) in [5.41, 5.74) is 0.297. The molecule has 1 amide bonds. The van der Waals surface area contributed by atoms with Crippen LogP contribution in [-0.2, 0) is 21.1 Å². The molecule has 8 nitrogen and oxygen atoms in total. The fourth-order valence-electron chi connectivity index (χ4n) is 5.72. The lowest BCUT2D eigenvalue weighted by atomic mass is 9.88.